The number of hydrogen-bond donors (Lipinski definition) is 0. The van der Waals surface area contributed by atoms with Crippen LogP contribution in [0.5, 0.6) is 5.75 Å². The maximum Gasteiger partial charge on any atom is 0.309 e. The van der Waals surface area contributed by atoms with Gasteiger partial charge >= 0.3 is 5.97 Å². The highest BCUT2D eigenvalue weighted by atomic mass is 79.9. The summed E-state index contributed by atoms with van der Waals surface area (Å²) in [7, 11) is 1.79. The Morgan fingerprint density at radius 3 is 2.68 bits per heavy atom. The van der Waals surface area contributed by atoms with Gasteiger partial charge in [-0.2, -0.15) is 0 Å². The third kappa shape index (κ3) is 4.95. The van der Waals surface area contributed by atoms with Crippen molar-refractivity contribution in [3.05, 3.63) is 28.2 Å². The van der Waals surface area contributed by atoms with Crippen LogP contribution in [0.3, 0.4) is 0 Å². The first kappa shape index (κ1) is 16.2. The molecule has 0 aliphatic rings. The van der Waals surface area contributed by atoms with E-state index in [-0.39, 0.29) is 17.6 Å². The van der Waals surface area contributed by atoms with Gasteiger partial charge in [0, 0.05) is 26.8 Å². The van der Waals surface area contributed by atoms with Crippen molar-refractivity contribution < 1.29 is 18.5 Å². The van der Waals surface area contributed by atoms with Gasteiger partial charge < -0.3 is 9.47 Å². The molecule has 0 saturated carbocycles. The molecule has 0 bridgehead atoms. The summed E-state index contributed by atoms with van der Waals surface area (Å²) >= 11 is 3.42. The molecule has 1 aromatic carbocycles. The molecule has 0 aliphatic heterocycles. The first-order chi connectivity index (χ1) is 8.97. The molecule has 0 aromatic heterocycles. The molecule has 0 aliphatic carbocycles. The van der Waals surface area contributed by atoms with Crippen molar-refractivity contribution in [1.82, 2.24) is 0 Å². The van der Waals surface area contributed by atoms with Gasteiger partial charge in [0.2, 0.25) is 0 Å². The molecular formula is C13H17BrO4S. The Morgan fingerprint density at radius 2 is 2.11 bits per heavy atom. The van der Waals surface area contributed by atoms with Crippen LogP contribution in [0.15, 0.2) is 22.7 Å². The van der Waals surface area contributed by atoms with E-state index in [1.165, 1.54) is 7.11 Å². The van der Waals surface area contributed by atoms with Crippen LogP contribution in [0.4, 0.5) is 0 Å². The van der Waals surface area contributed by atoms with Crippen molar-refractivity contribution in [2.24, 2.45) is 5.92 Å². The number of methoxy groups -OCH3 is 2. The Balaban J connectivity index is 2.69. The average molecular weight is 349 g/mol. The van der Waals surface area contributed by atoms with E-state index >= 15 is 0 Å². The second-order valence-corrected chi connectivity index (χ2v) is 6.49. The van der Waals surface area contributed by atoms with Gasteiger partial charge in [0.05, 0.1) is 20.1 Å². The summed E-state index contributed by atoms with van der Waals surface area (Å²) in [5, 5.41) is 0. The Kier molecular flexibility index (Phi) is 6.51. The fourth-order valence-corrected chi connectivity index (χ4v) is 3.54. The second-order valence-electron chi connectivity index (χ2n) is 4.13. The topological polar surface area (TPSA) is 52.6 Å². The zero-order chi connectivity index (χ0) is 14.4. The minimum Gasteiger partial charge on any atom is -0.497 e. The zero-order valence-electron chi connectivity index (χ0n) is 11.1. The van der Waals surface area contributed by atoms with Gasteiger partial charge in [-0.05, 0) is 23.8 Å². The standard InChI is InChI=1S/C13H17BrO4S/c1-9(13(15)18-3)7-19(16)8-10-6-11(17-2)4-5-12(10)14/h4-6,9H,7-8H2,1-3H3. The maximum atomic E-state index is 12.0. The number of hydrogen-bond acceptors (Lipinski definition) is 4. The summed E-state index contributed by atoms with van der Waals surface area (Å²) in [5.74, 6) is 0.680. The van der Waals surface area contributed by atoms with Crippen LogP contribution < -0.4 is 4.74 Å². The number of carbonyl (C=O) groups excluding carboxylic acids is 1. The van der Waals surface area contributed by atoms with Crippen molar-refractivity contribution in [3.8, 4) is 5.75 Å². The number of benzene rings is 1. The molecule has 2 atom stereocenters. The smallest absolute Gasteiger partial charge is 0.309 e. The number of rotatable bonds is 6. The third-order valence-corrected chi connectivity index (χ3v) is 4.89. The highest BCUT2D eigenvalue weighted by molar-refractivity contribution is 9.10. The summed E-state index contributed by atoms with van der Waals surface area (Å²) in [6.07, 6.45) is 0. The quantitative estimate of drug-likeness (QED) is 0.741. The minimum absolute atomic E-state index is 0.288. The molecule has 1 rings (SSSR count). The molecule has 106 valence electrons. The summed E-state index contributed by atoms with van der Waals surface area (Å²) in [6.45, 7) is 1.71. The Morgan fingerprint density at radius 1 is 1.42 bits per heavy atom. The predicted molar refractivity (Wildman–Crippen MR) is 78.6 cm³/mol. The number of ether oxygens (including phenoxy) is 2. The summed E-state index contributed by atoms with van der Waals surface area (Å²) in [5.41, 5.74) is 0.898. The van der Waals surface area contributed by atoms with E-state index in [1.54, 1.807) is 14.0 Å². The average Bonchev–Trinajstić information content (AvgIpc) is 2.40. The third-order valence-electron chi connectivity index (χ3n) is 2.61. The first-order valence-electron chi connectivity index (χ1n) is 5.73. The van der Waals surface area contributed by atoms with Gasteiger partial charge in [-0.1, -0.05) is 22.9 Å². The van der Waals surface area contributed by atoms with E-state index in [0.717, 1.165) is 15.8 Å². The van der Waals surface area contributed by atoms with Crippen LogP contribution in [-0.2, 0) is 26.1 Å². The first-order valence-corrected chi connectivity index (χ1v) is 8.01. The molecule has 0 N–H and O–H groups in total. The predicted octanol–water partition coefficient (Wildman–Crippen LogP) is 2.52. The Labute approximate surface area is 124 Å². The van der Waals surface area contributed by atoms with E-state index in [1.807, 2.05) is 18.2 Å². The van der Waals surface area contributed by atoms with Gasteiger partial charge in [0.25, 0.3) is 0 Å². The molecule has 1 aromatic rings. The van der Waals surface area contributed by atoms with Crippen molar-refractivity contribution in [3.63, 3.8) is 0 Å². The molecule has 0 spiro atoms. The normalized spacial score (nSPS) is 13.7. The van der Waals surface area contributed by atoms with E-state index < -0.39 is 10.8 Å². The van der Waals surface area contributed by atoms with E-state index in [2.05, 4.69) is 20.7 Å². The molecule has 6 heteroatoms. The highest BCUT2D eigenvalue weighted by Gasteiger charge is 2.17. The van der Waals surface area contributed by atoms with Gasteiger partial charge in [0.15, 0.2) is 0 Å². The molecule has 0 amide bonds. The van der Waals surface area contributed by atoms with Crippen LogP contribution in [0.2, 0.25) is 0 Å². The fourth-order valence-electron chi connectivity index (χ4n) is 1.57. The van der Waals surface area contributed by atoms with Crippen molar-refractivity contribution in [1.29, 1.82) is 0 Å². The lowest BCUT2D eigenvalue weighted by atomic mass is 10.2. The SMILES string of the molecule is COC(=O)C(C)CS(=O)Cc1cc(OC)ccc1Br. The molecule has 19 heavy (non-hydrogen) atoms. The van der Waals surface area contributed by atoms with Gasteiger partial charge in [-0.15, -0.1) is 0 Å². The number of halogens is 1. The highest BCUT2D eigenvalue weighted by Crippen LogP contribution is 2.24. The second kappa shape index (κ2) is 7.65. The summed E-state index contributed by atoms with van der Waals surface area (Å²) < 4.78 is 22.7. The van der Waals surface area contributed by atoms with Crippen LogP contribution in [-0.4, -0.2) is 30.2 Å². The lowest BCUT2D eigenvalue weighted by Crippen LogP contribution is -2.20. The Bertz CT molecular complexity index is 476. The molecule has 0 saturated heterocycles. The summed E-state index contributed by atoms with van der Waals surface area (Å²) in [6, 6.07) is 5.52. The van der Waals surface area contributed by atoms with Crippen LogP contribution in [0.1, 0.15) is 12.5 Å². The summed E-state index contributed by atoms with van der Waals surface area (Å²) in [4.78, 5) is 11.3. The molecular weight excluding hydrogens is 332 g/mol. The monoisotopic (exact) mass is 348 g/mol. The van der Waals surface area contributed by atoms with Crippen molar-refractivity contribution in [2.75, 3.05) is 20.0 Å². The van der Waals surface area contributed by atoms with Gasteiger partial charge in [-0.25, -0.2) is 0 Å². The van der Waals surface area contributed by atoms with Gasteiger partial charge in [-0.3, -0.25) is 9.00 Å². The van der Waals surface area contributed by atoms with E-state index in [4.69, 9.17) is 4.74 Å². The fraction of sp³-hybridized carbons (Fsp3) is 0.462. The van der Waals surface area contributed by atoms with Crippen LogP contribution in [0, 0.1) is 5.92 Å². The lowest BCUT2D eigenvalue weighted by Gasteiger charge is -2.10. The van der Waals surface area contributed by atoms with E-state index in [9.17, 15) is 9.00 Å². The molecule has 0 fully saturated rings. The van der Waals surface area contributed by atoms with Crippen LogP contribution in [0.25, 0.3) is 0 Å². The molecule has 0 radical (unpaired) electrons. The van der Waals surface area contributed by atoms with E-state index in [0.29, 0.717) is 5.75 Å². The lowest BCUT2D eigenvalue weighted by molar-refractivity contribution is -0.144. The molecule has 0 heterocycles. The maximum absolute atomic E-state index is 12.0. The number of esters is 1. The molecule has 4 nitrogen and oxygen atoms in total. The molecule has 2 unspecified atom stereocenters. The largest absolute Gasteiger partial charge is 0.497 e. The Hall–Kier alpha value is -0.880. The minimum atomic E-state index is -1.13. The van der Waals surface area contributed by atoms with Crippen LogP contribution >= 0.6 is 15.9 Å². The van der Waals surface area contributed by atoms with Crippen molar-refractivity contribution in [2.45, 2.75) is 12.7 Å². The van der Waals surface area contributed by atoms with Gasteiger partial charge in [0.1, 0.15) is 5.75 Å². The zero-order valence-corrected chi connectivity index (χ0v) is 13.5. The van der Waals surface area contributed by atoms with Crippen molar-refractivity contribution >= 4 is 32.7 Å². The number of carbonyl (C=O) groups is 1.